The molecule has 11 heteroatoms. The van der Waals surface area contributed by atoms with E-state index in [2.05, 4.69) is 16.8 Å². The largest absolute Gasteiger partial charge is 0.485 e. The number of alkyl halides is 6. The highest BCUT2D eigenvalue weighted by Crippen LogP contribution is 2.39. The van der Waals surface area contributed by atoms with E-state index >= 15 is 0 Å². The summed E-state index contributed by atoms with van der Waals surface area (Å²) in [5.74, 6) is -0.641. The Morgan fingerprint density at radius 2 is 1.66 bits per heavy atom. The van der Waals surface area contributed by atoms with E-state index in [1.54, 1.807) is 12.3 Å². The van der Waals surface area contributed by atoms with Crippen LogP contribution in [0.25, 0.3) is 0 Å². The van der Waals surface area contributed by atoms with Crippen LogP contribution in [-0.2, 0) is 18.8 Å². The zero-order chi connectivity index (χ0) is 29.8. The molecular weight excluding hydrogens is 548 g/mol. The van der Waals surface area contributed by atoms with Gasteiger partial charge in [0.15, 0.2) is 0 Å². The molecule has 41 heavy (non-hydrogen) atoms. The molecule has 5 nitrogen and oxygen atoms in total. The lowest BCUT2D eigenvalue weighted by molar-refractivity contribution is -0.138. The molecule has 0 bridgehead atoms. The number of piperidine rings is 1. The Hall–Kier alpha value is -3.60. The minimum atomic E-state index is -4.56. The van der Waals surface area contributed by atoms with Gasteiger partial charge in [-0.2, -0.15) is 26.3 Å². The average molecular weight is 580 g/mol. The standard InChI is InChI=1S/C30H31F6N3O2/c1-19(5-6-22-18-38-14-11-26(22)28(37)40)39-15-12-21(13-16-39)27(20-7-9-23(10-8-20)29(31,32)33)41-25-4-2-3-24(17-25)30(34,35)36/h2-4,7-11,14,17-19,21,27H,5-6,12-13,15-16H2,1H3,(H2,37,40). The first kappa shape index (κ1) is 30.4. The molecule has 4 rings (SSSR count). The number of likely N-dealkylation sites (tertiary alicyclic amines) is 1. The third-order valence-corrected chi connectivity index (χ3v) is 7.62. The van der Waals surface area contributed by atoms with Crippen molar-refractivity contribution >= 4 is 5.91 Å². The average Bonchev–Trinajstić information content (AvgIpc) is 2.94. The third kappa shape index (κ3) is 7.78. The highest BCUT2D eigenvalue weighted by Gasteiger charge is 2.35. The van der Waals surface area contributed by atoms with Crippen LogP contribution < -0.4 is 10.5 Å². The molecular formula is C30H31F6N3O2. The highest BCUT2D eigenvalue weighted by molar-refractivity contribution is 5.94. The number of nitrogens with two attached hydrogens (primary N) is 1. The molecule has 0 spiro atoms. The number of ether oxygens (including phenoxy) is 1. The molecule has 2 unspecified atom stereocenters. The topological polar surface area (TPSA) is 68.5 Å². The number of hydrogen-bond donors (Lipinski definition) is 1. The number of carbonyl (C=O) groups excluding carboxylic acids is 1. The molecule has 1 fully saturated rings. The molecule has 2 heterocycles. The Morgan fingerprint density at radius 1 is 1.00 bits per heavy atom. The van der Waals surface area contributed by atoms with Crippen molar-refractivity contribution in [2.45, 2.75) is 57.1 Å². The minimum absolute atomic E-state index is 0.00208. The summed E-state index contributed by atoms with van der Waals surface area (Å²) in [6.45, 7) is 3.42. The number of aromatic nitrogens is 1. The van der Waals surface area contributed by atoms with Gasteiger partial charge < -0.3 is 15.4 Å². The van der Waals surface area contributed by atoms with Crippen molar-refractivity contribution in [1.29, 1.82) is 0 Å². The maximum Gasteiger partial charge on any atom is 0.416 e. The Morgan fingerprint density at radius 3 is 2.27 bits per heavy atom. The summed E-state index contributed by atoms with van der Waals surface area (Å²) in [7, 11) is 0. The Balaban J connectivity index is 1.47. The molecule has 0 aliphatic carbocycles. The Bertz CT molecular complexity index is 1320. The summed E-state index contributed by atoms with van der Waals surface area (Å²) in [5, 5.41) is 0. The van der Waals surface area contributed by atoms with Crippen molar-refractivity contribution in [3.05, 3.63) is 94.8 Å². The number of aryl methyl sites for hydroxylation is 1. The van der Waals surface area contributed by atoms with Crippen LogP contribution in [0.4, 0.5) is 26.3 Å². The Labute approximate surface area is 234 Å². The predicted octanol–water partition coefficient (Wildman–Crippen LogP) is 7.07. The second-order valence-corrected chi connectivity index (χ2v) is 10.3. The van der Waals surface area contributed by atoms with E-state index < -0.39 is 35.5 Å². The number of pyridine rings is 1. The first-order chi connectivity index (χ1) is 19.3. The van der Waals surface area contributed by atoms with Gasteiger partial charge in [0.25, 0.3) is 0 Å². The number of carbonyl (C=O) groups is 1. The highest BCUT2D eigenvalue weighted by atomic mass is 19.4. The van der Waals surface area contributed by atoms with Crippen LogP contribution in [0, 0.1) is 5.92 Å². The zero-order valence-corrected chi connectivity index (χ0v) is 22.4. The van der Waals surface area contributed by atoms with Crippen LogP contribution in [0.1, 0.15) is 64.9 Å². The van der Waals surface area contributed by atoms with Gasteiger partial charge in [-0.15, -0.1) is 0 Å². The first-order valence-corrected chi connectivity index (χ1v) is 13.3. The number of nitrogens with zero attached hydrogens (tertiary/aromatic N) is 2. The fourth-order valence-corrected chi connectivity index (χ4v) is 5.27. The van der Waals surface area contributed by atoms with Crippen molar-refractivity contribution in [1.82, 2.24) is 9.88 Å². The third-order valence-electron chi connectivity index (χ3n) is 7.62. The molecule has 2 aromatic carbocycles. The normalized spacial score (nSPS) is 16.8. The van der Waals surface area contributed by atoms with Gasteiger partial charge in [0.1, 0.15) is 11.9 Å². The van der Waals surface area contributed by atoms with Gasteiger partial charge in [-0.3, -0.25) is 9.78 Å². The first-order valence-electron chi connectivity index (χ1n) is 13.3. The van der Waals surface area contributed by atoms with E-state index in [4.69, 9.17) is 10.5 Å². The van der Waals surface area contributed by atoms with Gasteiger partial charge in [-0.05, 0) is 93.2 Å². The van der Waals surface area contributed by atoms with E-state index in [0.29, 0.717) is 43.5 Å². The summed E-state index contributed by atoms with van der Waals surface area (Å²) in [6.07, 6.45) is -4.01. The quantitative estimate of drug-likeness (QED) is 0.276. The van der Waals surface area contributed by atoms with Crippen molar-refractivity contribution in [3.63, 3.8) is 0 Å². The maximum absolute atomic E-state index is 13.3. The summed E-state index contributed by atoms with van der Waals surface area (Å²) in [4.78, 5) is 18.1. The number of primary amides is 1. The van der Waals surface area contributed by atoms with Crippen molar-refractivity contribution in [2.24, 2.45) is 11.7 Å². The van der Waals surface area contributed by atoms with Gasteiger partial charge >= 0.3 is 12.4 Å². The monoisotopic (exact) mass is 579 g/mol. The van der Waals surface area contributed by atoms with E-state index in [0.717, 1.165) is 36.2 Å². The summed E-state index contributed by atoms with van der Waals surface area (Å²) in [5.41, 5.74) is 5.48. The number of amides is 1. The zero-order valence-electron chi connectivity index (χ0n) is 22.4. The molecule has 0 radical (unpaired) electrons. The fraction of sp³-hybridized carbons (Fsp3) is 0.400. The molecule has 220 valence electrons. The number of hydrogen-bond acceptors (Lipinski definition) is 4. The van der Waals surface area contributed by atoms with E-state index in [1.165, 1.54) is 30.5 Å². The second-order valence-electron chi connectivity index (χ2n) is 10.3. The fourth-order valence-electron chi connectivity index (χ4n) is 5.27. The van der Waals surface area contributed by atoms with Crippen LogP contribution in [0.5, 0.6) is 5.75 Å². The molecule has 1 aliphatic rings. The maximum atomic E-state index is 13.3. The molecule has 1 saturated heterocycles. The van der Waals surface area contributed by atoms with Crippen LogP contribution in [0.15, 0.2) is 67.0 Å². The molecule has 2 N–H and O–H groups in total. The van der Waals surface area contributed by atoms with E-state index in [1.807, 2.05) is 0 Å². The second kappa shape index (κ2) is 12.5. The van der Waals surface area contributed by atoms with Gasteiger partial charge in [0.2, 0.25) is 5.91 Å². The molecule has 0 saturated carbocycles. The molecule has 1 amide bonds. The molecule has 3 aromatic rings. The summed E-state index contributed by atoms with van der Waals surface area (Å²) < 4.78 is 85.5. The lowest BCUT2D eigenvalue weighted by Crippen LogP contribution is -2.42. The van der Waals surface area contributed by atoms with Crippen LogP contribution >= 0.6 is 0 Å². The lowest BCUT2D eigenvalue weighted by atomic mass is 9.86. The van der Waals surface area contributed by atoms with Crippen molar-refractivity contribution in [2.75, 3.05) is 13.1 Å². The van der Waals surface area contributed by atoms with Gasteiger partial charge in [-0.1, -0.05) is 18.2 Å². The smallest absolute Gasteiger partial charge is 0.416 e. The van der Waals surface area contributed by atoms with E-state index in [9.17, 15) is 31.1 Å². The molecule has 1 aromatic heterocycles. The van der Waals surface area contributed by atoms with Gasteiger partial charge in [0.05, 0.1) is 11.1 Å². The Kier molecular flexibility index (Phi) is 9.26. The minimum Gasteiger partial charge on any atom is -0.485 e. The van der Waals surface area contributed by atoms with Crippen LogP contribution in [-0.4, -0.2) is 34.9 Å². The SMILES string of the molecule is CC(CCc1cnccc1C(N)=O)N1CCC(C(Oc2cccc(C(F)(F)F)c2)c2ccc(C(F)(F)F)cc2)CC1. The van der Waals surface area contributed by atoms with Gasteiger partial charge in [-0.25, -0.2) is 0 Å². The van der Waals surface area contributed by atoms with Gasteiger partial charge in [0, 0.05) is 29.9 Å². The summed E-state index contributed by atoms with van der Waals surface area (Å²) >= 11 is 0. The van der Waals surface area contributed by atoms with Crippen molar-refractivity contribution < 1.29 is 35.9 Å². The van der Waals surface area contributed by atoms with Crippen LogP contribution in [0.2, 0.25) is 0 Å². The summed E-state index contributed by atoms with van der Waals surface area (Å²) in [6, 6.07) is 10.9. The molecule has 2 atom stereocenters. The van der Waals surface area contributed by atoms with Crippen LogP contribution in [0.3, 0.4) is 0 Å². The number of rotatable bonds is 9. The lowest BCUT2D eigenvalue weighted by Gasteiger charge is -2.39. The number of benzene rings is 2. The molecule has 1 aliphatic heterocycles. The van der Waals surface area contributed by atoms with Crippen molar-refractivity contribution in [3.8, 4) is 5.75 Å². The van der Waals surface area contributed by atoms with E-state index in [-0.39, 0.29) is 17.7 Å². The predicted molar refractivity (Wildman–Crippen MR) is 141 cm³/mol. The number of halogens is 6.